The molecule has 0 bridgehead atoms. The van der Waals surface area contributed by atoms with Crippen molar-refractivity contribution in [2.45, 2.75) is 33.1 Å². The summed E-state index contributed by atoms with van der Waals surface area (Å²) in [5.41, 5.74) is 6.29. The molecule has 0 unspecified atom stereocenters. The van der Waals surface area contributed by atoms with E-state index in [0.717, 1.165) is 40.1 Å². The Hall–Kier alpha value is -1.56. The third-order valence-corrected chi connectivity index (χ3v) is 5.03. The van der Waals surface area contributed by atoms with Gasteiger partial charge in [-0.3, -0.25) is 0 Å². The van der Waals surface area contributed by atoms with Gasteiger partial charge in [0.2, 0.25) is 0 Å². The molecule has 0 atom stereocenters. The lowest BCUT2D eigenvalue weighted by Crippen LogP contribution is -2.40. The molecule has 2 aromatic carbocycles. The largest absolute Gasteiger partial charge is 0.457 e. The van der Waals surface area contributed by atoms with E-state index in [1.807, 2.05) is 38.1 Å². The lowest BCUT2D eigenvalue weighted by Gasteiger charge is -2.25. The third kappa shape index (κ3) is 5.22. The van der Waals surface area contributed by atoms with Crippen molar-refractivity contribution in [1.82, 2.24) is 10.4 Å². The molecule has 138 valence electrons. The summed E-state index contributed by atoms with van der Waals surface area (Å²) in [4.78, 5) is 4.58. The smallest absolute Gasteiger partial charge is 0.130 e. The summed E-state index contributed by atoms with van der Waals surface area (Å²) in [5.74, 6) is 1.51. The fourth-order valence-corrected chi connectivity index (χ4v) is 3.77. The number of nitrogens with zero attached hydrogens (tertiary/aromatic N) is 2. The predicted molar refractivity (Wildman–Crippen MR) is 112 cm³/mol. The summed E-state index contributed by atoms with van der Waals surface area (Å²) in [7, 11) is 0. The zero-order valence-electron chi connectivity index (χ0n) is 15.1. The van der Waals surface area contributed by atoms with E-state index in [2.05, 4.69) is 31.4 Å². The van der Waals surface area contributed by atoms with Gasteiger partial charge < -0.3 is 10.2 Å². The first-order valence-electron chi connectivity index (χ1n) is 8.80. The van der Waals surface area contributed by atoms with E-state index in [1.165, 1.54) is 19.3 Å². The highest BCUT2D eigenvalue weighted by molar-refractivity contribution is 9.10. The number of ether oxygens (including phenoxy) is 1. The van der Waals surface area contributed by atoms with Crippen LogP contribution >= 0.6 is 27.5 Å². The standard InChI is InChI=1S/C20H23BrClN3O/c1-14-9-20(26-18-11-16(21)10-17(22)12-18)15(2)8-19(14)23-13-24-25-6-4-3-5-7-25/h8-13H,3-7H2,1-2H3,(H,23,24). The SMILES string of the molecule is Cc1cc(Oc2cc(Cl)cc(Br)c2)c(C)cc1/N=C/NN1CCCCC1. The van der Waals surface area contributed by atoms with Crippen molar-refractivity contribution in [3.63, 3.8) is 0 Å². The van der Waals surface area contributed by atoms with Crippen molar-refractivity contribution >= 4 is 39.6 Å². The minimum absolute atomic E-state index is 0.633. The summed E-state index contributed by atoms with van der Waals surface area (Å²) in [6.45, 7) is 6.21. The van der Waals surface area contributed by atoms with Crippen LogP contribution in [0.4, 0.5) is 5.69 Å². The zero-order valence-corrected chi connectivity index (χ0v) is 17.4. The number of hydrazine groups is 1. The molecule has 2 aromatic rings. The van der Waals surface area contributed by atoms with Gasteiger partial charge in [-0.05, 0) is 68.1 Å². The Morgan fingerprint density at radius 3 is 2.58 bits per heavy atom. The fraction of sp³-hybridized carbons (Fsp3) is 0.350. The molecule has 0 saturated carbocycles. The van der Waals surface area contributed by atoms with Crippen LogP contribution in [-0.4, -0.2) is 24.4 Å². The summed E-state index contributed by atoms with van der Waals surface area (Å²) in [6.07, 6.45) is 5.58. The van der Waals surface area contributed by atoms with Crippen LogP contribution < -0.4 is 10.2 Å². The number of hydrogen-bond acceptors (Lipinski definition) is 3. The maximum Gasteiger partial charge on any atom is 0.130 e. The average Bonchev–Trinajstić information content (AvgIpc) is 2.59. The van der Waals surface area contributed by atoms with Crippen LogP contribution in [0.2, 0.25) is 5.02 Å². The molecule has 4 nitrogen and oxygen atoms in total. The maximum absolute atomic E-state index is 6.09. The number of piperidine rings is 1. The van der Waals surface area contributed by atoms with E-state index in [-0.39, 0.29) is 0 Å². The number of aryl methyl sites for hydroxylation is 2. The molecule has 1 aliphatic heterocycles. The highest BCUT2D eigenvalue weighted by Gasteiger charge is 2.09. The molecule has 1 aliphatic rings. The Bertz CT molecular complexity index is 784. The van der Waals surface area contributed by atoms with E-state index in [1.54, 1.807) is 12.4 Å². The summed E-state index contributed by atoms with van der Waals surface area (Å²) in [5, 5.41) is 2.85. The molecule has 0 radical (unpaired) electrons. The summed E-state index contributed by atoms with van der Waals surface area (Å²) >= 11 is 9.53. The molecule has 1 saturated heterocycles. The summed E-state index contributed by atoms with van der Waals surface area (Å²) in [6, 6.07) is 9.58. The van der Waals surface area contributed by atoms with E-state index < -0.39 is 0 Å². The normalized spacial score (nSPS) is 15.4. The van der Waals surface area contributed by atoms with Gasteiger partial charge in [-0.1, -0.05) is 34.0 Å². The van der Waals surface area contributed by atoms with Crippen LogP contribution in [0.3, 0.4) is 0 Å². The third-order valence-electron chi connectivity index (χ3n) is 4.36. The second-order valence-electron chi connectivity index (χ2n) is 6.55. The minimum atomic E-state index is 0.633. The lowest BCUT2D eigenvalue weighted by molar-refractivity contribution is 0.197. The van der Waals surface area contributed by atoms with Crippen LogP contribution in [-0.2, 0) is 0 Å². The number of hydrogen-bond donors (Lipinski definition) is 1. The van der Waals surface area contributed by atoms with Gasteiger partial charge in [-0.15, -0.1) is 0 Å². The molecule has 0 spiro atoms. The van der Waals surface area contributed by atoms with Gasteiger partial charge in [0.1, 0.15) is 17.8 Å². The Morgan fingerprint density at radius 1 is 1.08 bits per heavy atom. The fourth-order valence-electron chi connectivity index (χ4n) is 2.94. The first-order chi connectivity index (χ1) is 12.5. The van der Waals surface area contributed by atoms with Crippen LogP contribution in [0.15, 0.2) is 39.8 Å². The number of benzene rings is 2. The molecule has 3 rings (SSSR count). The number of halogens is 2. The van der Waals surface area contributed by atoms with Crippen molar-refractivity contribution < 1.29 is 4.74 Å². The molecule has 0 amide bonds. The van der Waals surface area contributed by atoms with Crippen molar-refractivity contribution in [1.29, 1.82) is 0 Å². The number of nitrogens with one attached hydrogen (secondary N) is 1. The van der Waals surface area contributed by atoms with Gasteiger partial charge in [0.15, 0.2) is 0 Å². The van der Waals surface area contributed by atoms with Crippen molar-refractivity contribution in [3.05, 3.63) is 51.0 Å². The van der Waals surface area contributed by atoms with Gasteiger partial charge in [-0.25, -0.2) is 10.0 Å². The molecule has 26 heavy (non-hydrogen) atoms. The first kappa shape index (κ1) is 19.2. The molecule has 0 aromatic heterocycles. The second-order valence-corrected chi connectivity index (χ2v) is 7.90. The molecule has 1 heterocycles. The predicted octanol–water partition coefficient (Wildman–Crippen LogP) is 6.16. The monoisotopic (exact) mass is 435 g/mol. The lowest BCUT2D eigenvalue weighted by atomic mass is 10.1. The van der Waals surface area contributed by atoms with Crippen LogP contribution in [0, 0.1) is 13.8 Å². The highest BCUT2D eigenvalue weighted by Crippen LogP contribution is 2.33. The van der Waals surface area contributed by atoms with E-state index >= 15 is 0 Å². The Morgan fingerprint density at radius 2 is 1.85 bits per heavy atom. The Labute approximate surface area is 168 Å². The van der Waals surface area contributed by atoms with Crippen LogP contribution in [0.1, 0.15) is 30.4 Å². The molecule has 1 N–H and O–H groups in total. The van der Waals surface area contributed by atoms with Gasteiger partial charge in [0, 0.05) is 22.6 Å². The highest BCUT2D eigenvalue weighted by atomic mass is 79.9. The summed E-state index contributed by atoms with van der Waals surface area (Å²) < 4.78 is 6.90. The van der Waals surface area contributed by atoms with Gasteiger partial charge >= 0.3 is 0 Å². The minimum Gasteiger partial charge on any atom is -0.457 e. The van der Waals surface area contributed by atoms with Crippen LogP contribution in [0.5, 0.6) is 11.5 Å². The van der Waals surface area contributed by atoms with E-state index in [0.29, 0.717) is 10.8 Å². The molecular weight excluding hydrogens is 414 g/mol. The Balaban J connectivity index is 1.71. The average molecular weight is 437 g/mol. The molecular formula is C20H23BrClN3O. The first-order valence-corrected chi connectivity index (χ1v) is 9.97. The van der Waals surface area contributed by atoms with Crippen molar-refractivity contribution in [3.8, 4) is 11.5 Å². The van der Waals surface area contributed by atoms with Gasteiger partial charge in [0.25, 0.3) is 0 Å². The van der Waals surface area contributed by atoms with Crippen molar-refractivity contribution in [2.75, 3.05) is 13.1 Å². The number of rotatable bonds is 5. The number of aliphatic imine (C=N–C) groups is 1. The molecule has 1 fully saturated rings. The molecule has 6 heteroatoms. The van der Waals surface area contributed by atoms with E-state index in [9.17, 15) is 0 Å². The Kier molecular flexibility index (Phi) is 6.57. The van der Waals surface area contributed by atoms with Gasteiger partial charge in [0.05, 0.1) is 5.69 Å². The van der Waals surface area contributed by atoms with Crippen molar-refractivity contribution in [2.24, 2.45) is 4.99 Å². The van der Waals surface area contributed by atoms with Gasteiger partial charge in [-0.2, -0.15) is 0 Å². The second kappa shape index (κ2) is 8.89. The topological polar surface area (TPSA) is 36.9 Å². The zero-order chi connectivity index (χ0) is 18.5. The quantitative estimate of drug-likeness (QED) is 0.450. The molecule has 0 aliphatic carbocycles. The van der Waals surface area contributed by atoms with Crippen LogP contribution in [0.25, 0.3) is 0 Å². The maximum atomic E-state index is 6.09. The van der Waals surface area contributed by atoms with E-state index in [4.69, 9.17) is 16.3 Å².